The van der Waals surface area contributed by atoms with Gasteiger partial charge in [-0.15, -0.1) is 0 Å². The van der Waals surface area contributed by atoms with E-state index in [1.165, 1.54) is 5.56 Å². The van der Waals surface area contributed by atoms with Crippen LogP contribution in [0.4, 0.5) is 10.7 Å². The van der Waals surface area contributed by atoms with E-state index in [9.17, 15) is 4.79 Å². The van der Waals surface area contributed by atoms with Crippen LogP contribution in [-0.4, -0.2) is 70.1 Å². The predicted molar refractivity (Wildman–Crippen MR) is 136 cm³/mol. The molecule has 7 heteroatoms. The topological polar surface area (TPSA) is 64.6 Å². The highest BCUT2D eigenvalue weighted by Crippen LogP contribution is 2.22. The van der Waals surface area contributed by atoms with Gasteiger partial charge in [0.25, 0.3) is 0 Å². The zero-order valence-corrected chi connectivity index (χ0v) is 20.1. The minimum atomic E-state index is 0.0561. The molecule has 0 unspecified atom stereocenters. The fraction of sp³-hybridized carbons (Fsp3) is 0.444. The van der Waals surface area contributed by atoms with Gasteiger partial charge in [-0.1, -0.05) is 48.5 Å². The molecule has 3 aromatic rings. The van der Waals surface area contributed by atoms with Crippen molar-refractivity contribution in [1.29, 1.82) is 0 Å². The van der Waals surface area contributed by atoms with Crippen molar-refractivity contribution in [3.8, 4) is 0 Å². The van der Waals surface area contributed by atoms with Crippen LogP contribution in [0.3, 0.4) is 0 Å². The van der Waals surface area contributed by atoms with Crippen molar-refractivity contribution in [2.24, 2.45) is 0 Å². The van der Waals surface area contributed by atoms with E-state index in [2.05, 4.69) is 64.3 Å². The first kappa shape index (κ1) is 22.6. The number of aromatic nitrogens is 2. The van der Waals surface area contributed by atoms with Gasteiger partial charge in [0.15, 0.2) is 0 Å². The SMILES string of the molecule is C[C@@H]1CN(c2ncc3ccccc3n2)C[C@@H](C)N1C(=O)NC1CCN(Cc2ccccc2)CC1. The van der Waals surface area contributed by atoms with Crippen LogP contribution in [0.15, 0.2) is 60.8 Å². The highest BCUT2D eigenvalue weighted by atomic mass is 16.2. The third kappa shape index (κ3) is 4.99. The summed E-state index contributed by atoms with van der Waals surface area (Å²) >= 11 is 0. The first-order valence-corrected chi connectivity index (χ1v) is 12.4. The number of benzene rings is 2. The van der Waals surface area contributed by atoms with Gasteiger partial charge in [-0.2, -0.15) is 0 Å². The number of para-hydroxylation sites is 1. The Kier molecular flexibility index (Phi) is 6.63. The Morgan fingerprint density at radius 3 is 2.38 bits per heavy atom. The number of hydrogen-bond donors (Lipinski definition) is 1. The molecule has 5 rings (SSSR count). The summed E-state index contributed by atoms with van der Waals surface area (Å²) in [5, 5.41) is 4.36. The van der Waals surface area contributed by atoms with Gasteiger partial charge < -0.3 is 15.1 Å². The zero-order chi connectivity index (χ0) is 23.5. The summed E-state index contributed by atoms with van der Waals surface area (Å²) in [5.41, 5.74) is 2.30. The Morgan fingerprint density at radius 2 is 1.65 bits per heavy atom. The highest BCUT2D eigenvalue weighted by molar-refractivity contribution is 5.78. The van der Waals surface area contributed by atoms with Crippen LogP contribution in [0.1, 0.15) is 32.3 Å². The molecule has 0 bridgehead atoms. The Hall–Kier alpha value is -3.19. The standard InChI is InChI=1S/C27H34N6O/c1-20-17-32(26-28-16-23-10-6-7-11-25(23)30-26)18-21(2)33(20)27(34)29-24-12-14-31(15-13-24)19-22-8-4-3-5-9-22/h3-11,16,20-21,24H,12-15,17-19H2,1-2H3,(H,29,34)/t20-,21-/m1/s1. The van der Waals surface area contributed by atoms with E-state index in [0.29, 0.717) is 0 Å². The molecule has 0 spiro atoms. The highest BCUT2D eigenvalue weighted by Gasteiger charge is 2.35. The number of carbonyl (C=O) groups excluding carboxylic acids is 1. The molecule has 2 aromatic carbocycles. The molecule has 1 aromatic heterocycles. The maximum atomic E-state index is 13.2. The molecule has 0 aliphatic carbocycles. The lowest BCUT2D eigenvalue weighted by Crippen LogP contribution is -2.62. The molecule has 7 nitrogen and oxygen atoms in total. The molecule has 2 fully saturated rings. The van der Waals surface area contributed by atoms with E-state index in [-0.39, 0.29) is 24.2 Å². The number of urea groups is 1. The first-order valence-electron chi connectivity index (χ1n) is 12.4. The minimum absolute atomic E-state index is 0.0561. The number of piperidine rings is 1. The molecule has 2 atom stereocenters. The maximum absolute atomic E-state index is 13.2. The number of fused-ring (bicyclic) bond motifs is 1. The van der Waals surface area contributed by atoms with Crippen molar-refractivity contribution >= 4 is 22.9 Å². The van der Waals surface area contributed by atoms with Gasteiger partial charge in [-0.05, 0) is 38.3 Å². The summed E-state index contributed by atoms with van der Waals surface area (Å²) in [6, 6.07) is 19.1. The number of anilines is 1. The van der Waals surface area contributed by atoms with Gasteiger partial charge >= 0.3 is 6.03 Å². The molecule has 2 aliphatic rings. The van der Waals surface area contributed by atoms with Crippen LogP contribution in [0, 0.1) is 0 Å². The third-order valence-electron chi connectivity index (χ3n) is 7.08. The second-order valence-electron chi connectivity index (χ2n) is 9.72. The van der Waals surface area contributed by atoms with Crippen molar-refractivity contribution in [2.75, 3.05) is 31.1 Å². The number of rotatable bonds is 4. The van der Waals surface area contributed by atoms with Crippen LogP contribution in [0.2, 0.25) is 0 Å². The number of amides is 2. The van der Waals surface area contributed by atoms with Gasteiger partial charge in [-0.25, -0.2) is 14.8 Å². The van der Waals surface area contributed by atoms with Crippen LogP contribution in [0.5, 0.6) is 0 Å². The summed E-state index contributed by atoms with van der Waals surface area (Å²) in [7, 11) is 0. The summed E-state index contributed by atoms with van der Waals surface area (Å²) in [5.74, 6) is 0.739. The fourth-order valence-corrected chi connectivity index (χ4v) is 5.33. The average molecular weight is 459 g/mol. The van der Waals surface area contributed by atoms with Crippen molar-refractivity contribution in [3.63, 3.8) is 0 Å². The molecule has 178 valence electrons. The second kappa shape index (κ2) is 9.97. The predicted octanol–water partition coefficient (Wildman–Crippen LogP) is 3.90. The Bertz CT molecular complexity index is 1100. The van der Waals surface area contributed by atoms with Crippen molar-refractivity contribution < 1.29 is 4.79 Å². The van der Waals surface area contributed by atoms with E-state index < -0.39 is 0 Å². The summed E-state index contributed by atoms with van der Waals surface area (Å²) in [6.45, 7) is 8.69. The number of nitrogens with zero attached hydrogens (tertiary/aromatic N) is 5. The molecule has 2 saturated heterocycles. The van der Waals surface area contributed by atoms with Gasteiger partial charge in [0.2, 0.25) is 5.95 Å². The minimum Gasteiger partial charge on any atom is -0.337 e. The lowest BCUT2D eigenvalue weighted by atomic mass is 10.0. The molecule has 0 radical (unpaired) electrons. The molecule has 2 amide bonds. The number of hydrogen-bond acceptors (Lipinski definition) is 5. The van der Waals surface area contributed by atoms with Crippen molar-refractivity contribution in [2.45, 2.75) is 51.4 Å². The summed E-state index contributed by atoms with van der Waals surface area (Å²) < 4.78 is 0. The van der Waals surface area contributed by atoms with E-state index in [4.69, 9.17) is 4.98 Å². The summed E-state index contributed by atoms with van der Waals surface area (Å²) in [6.07, 6.45) is 3.87. The average Bonchev–Trinajstić information content (AvgIpc) is 2.85. The monoisotopic (exact) mass is 458 g/mol. The Balaban J connectivity index is 1.15. The zero-order valence-electron chi connectivity index (χ0n) is 20.1. The van der Waals surface area contributed by atoms with Crippen LogP contribution in [-0.2, 0) is 6.54 Å². The van der Waals surface area contributed by atoms with Crippen molar-refractivity contribution in [3.05, 3.63) is 66.4 Å². The maximum Gasteiger partial charge on any atom is 0.318 e. The number of piperazine rings is 1. The van der Waals surface area contributed by atoms with E-state index in [0.717, 1.165) is 62.4 Å². The number of carbonyl (C=O) groups is 1. The molecular formula is C27H34N6O. The fourth-order valence-electron chi connectivity index (χ4n) is 5.33. The van der Waals surface area contributed by atoms with E-state index >= 15 is 0 Å². The first-order chi connectivity index (χ1) is 16.6. The third-order valence-corrected chi connectivity index (χ3v) is 7.08. The molecule has 34 heavy (non-hydrogen) atoms. The van der Waals surface area contributed by atoms with E-state index in [1.807, 2.05) is 35.4 Å². The Labute approximate surface area is 201 Å². The molecule has 2 aliphatic heterocycles. The van der Waals surface area contributed by atoms with E-state index in [1.54, 1.807) is 0 Å². The normalized spacial score (nSPS) is 22.2. The van der Waals surface area contributed by atoms with Gasteiger partial charge in [0.1, 0.15) is 0 Å². The molecule has 1 N–H and O–H groups in total. The lowest BCUT2D eigenvalue weighted by molar-refractivity contribution is 0.130. The molecular weight excluding hydrogens is 424 g/mol. The lowest BCUT2D eigenvalue weighted by Gasteiger charge is -2.45. The number of nitrogens with one attached hydrogen (secondary N) is 1. The van der Waals surface area contributed by atoms with Gasteiger partial charge in [0, 0.05) is 62.4 Å². The van der Waals surface area contributed by atoms with Crippen LogP contribution < -0.4 is 10.2 Å². The molecule has 0 saturated carbocycles. The van der Waals surface area contributed by atoms with Gasteiger partial charge in [-0.3, -0.25) is 4.90 Å². The Morgan fingerprint density at radius 1 is 0.971 bits per heavy atom. The largest absolute Gasteiger partial charge is 0.337 e. The number of likely N-dealkylation sites (tertiary alicyclic amines) is 1. The van der Waals surface area contributed by atoms with Gasteiger partial charge in [0.05, 0.1) is 5.52 Å². The van der Waals surface area contributed by atoms with Crippen LogP contribution in [0.25, 0.3) is 10.9 Å². The quantitative estimate of drug-likeness (QED) is 0.642. The molecule has 3 heterocycles. The second-order valence-corrected chi connectivity index (χ2v) is 9.72. The summed E-state index contributed by atoms with van der Waals surface area (Å²) in [4.78, 5) is 29.3. The van der Waals surface area contributed by atoms with Crippen LogP contribution >= 0.6 is 0 Å². The van der Waals surface area contributed by atoms with Crippen molar-refractivity contribution in [1.82, 2.24) is 25.1 Å². The smallest absolute Gasteiger partial charge is 0.318 e.